The maximum atomic E-state index is 12.8. The van der Waals surface area contributed by atoms with Crippen LogP contribution in [0.3, 0.4) is 0 Å². The van der Waals surface area contributed by atoms with Crippen LogP contribution < -0.4 is 0 Å². The molecule has 1 heterocycles. The van der Waals surface area contributed by atoms with Crippen LogP contribution in [0.4, 0.5) is 18.0 Å². The van der Waals surface area contributed by atoms with Crippen molar-refractivity contribution in [3.63, 3.8) is 0 Å². The van der Waals surface area contributed by atoms with Crippen molar-refractivity contribution in [3.8, 4) is 0 Å². The molecule has 1 aliphatic heterocycles. The third-order valence-corrected chi connectivity index (χ3v) is 3.80. The van der Waals surface area contributed by atoms with Crippen molar-refractivity contribution in [2.45, 2.75) is 45.3 Å². The highest BCUT2D eigenvalue weighted by atomic mass is 19.4. The van der Waals surface area contributed by atoms with Crippen LogP contribution in [0.5, 0.6) is 0 Å². The zero-order chi connectivity index (χ0) is 19.0. The lowest BCUT2D eigenvalue weighted by Gasteiger charge is -2.38. The Balaban J connectivity index is 2.72. The third kappa shape index (κ3) is 6.43. The topological polar surface area (TPSA) is 76.2 Å². The summed E-state index contributed by atoms with van der Waals surface area (Å²) < 4.78 is 48.1. The number of likely N-dealkylation sites (tertiary alicyclic amines) is 1. The molecule has 0 aromatic rings. The number of hydrogen-bond acceptors (Lipinski definition) is 5. The molecule has 1 rings (SSSR count). The van der Waals surface area contributed by atoms with Gasteiger partial charge in [-0.25, -0.2) is 4.79 Å². The van der Waals surface area contributed by atoms with E-state index in [9.17, 15) is 27.6 Å². The molecule has 1 saturated heterocycles. The van der Waals surface area contributed by atoms with Gasteiger partial charge in [-0.1, -0.05) is 0 Å². The van der Waals surface area contributed by atoms with Crippen molar-refractivity contribution < 1.29 is 37.0 Å². The van der Waals surface area contributed by atoms with Crippen LogP contribution in [0.2, 0.25) is 0 Å². The molecule has 0 spiro atoms. The number of carbonyl (C=O) groups is 3. The first-order chi connectivity index (χ1) is 11.7. The predicted molar refractivity (Wildman–Crippen MR) is 80.6 cm³/mol. The van der Waals surface area contributed by atoms with Gasteiger partial charge in [-0.05, 0) is 26.7 Å². The molecule has 0 N–H and O–H groups in total. The lowest BCUT2D eigenvalue weighted by Crippen LogP contribution is -2.52. The molecule has 0 aromatic heterocycles. The molecule has 0 saturated carbocycles. The van der Waals surface area contributed by atoms with Gasteiger partial charge in [-0.3, -0.25) is 9.59 Å². The number of alkyl halides is 3. The Kier molecular flexibility index (Phi) is 7.98. The second-order valence-electron chi connectivity index (χ2n) is 5.47. The van der Waals surface area contributed by atoms with Gasteiger partial charge in [0.2, 0.25) is 0 Å². The largest absolute Gasteiger partial charge is 0.471 e. The second-order valence-corrected chi connectivity index (χ2v) is 5.47. The average Bonchev–Trinajstić information content (AvgIpc) is 2.55. The molecule has 10 heteroatoms. The molecule has 25 heavy (non-hydrogen) atoms. The summed E-state index contributed by atoms with van der Waals surface area (Å²) in [5.41, 5.74) is 0. The minimum Gasteiger partial charge on any atom is -0.466 e. The van der Waals surface area contributed by atoms with Crippen LogP contribution in [0.25, 0.3) is 0 Å². The van der Waals surface area contributed by atoms with E-state index in [4.69, 9.17) is 9.47 Å². The van der Waals surface area contributed by atoms with Gasteiger partial charge in [0, 0.05) is 25.7 Å². The van der Waals surface area contributed by atoms with E-state index < -0.39 is 30.2 Å². The van der Waals surface area contributed by atoms with E-state index >= 15 is 0 Å². The van der Waals surface area contributed by atoms with Crippen molar-refractivity contribution in [1.29, 1.82) is 0 Å². The highest BCUT2D eigenvalue weighted by Gasteiger charge is 2.45. The number of rotatable bonds is 6. The summed E-state index contributed by atoms with van der Waals surface area (Å²) in [5, 5.41) is 0. The first kappa shape index (κ1) is 21.0. The van der Waals surface area contributed by atoms with Crippen LogP contribution in [-0.4, -0.2) is 72.8 Å². The van der Waals surface area contributed by atoms with Crippen molar-refractivity contribution >= 4 is 18.0 Å². The average molecular weight is 368 g/mol. The molecule has 0 radical (unpaired) electrons. The molecule has 0 unspecified atom stereocenters. The fourth-order valence-corrected chi connectivity index (χ4v) is 2.63. The van der Waals surface area contributed by atoms with Gasteiger partial charge in [0.1, 0.15) is 0 Å². The fourth-order valence-electron chi connectivity index (χ4n) is 2.63. The Morgan fingerprint density at radius 3 is 2.12 bits per heavy atom. The predicted octanol–water partition coefficient (Wildman–Crippen LogP) is 1.95. The van der Waals surface area contributed by atoms with Gasteiger partial charge < -0.3 is 19.3 Å². The van der Waals surface area contributed by atoms with Gasteiger partial charge >= 0.3 is 24.1 Å². The summed E-state index contributed by atoms with van der Waals surface area (Å²) in [6.45, 7) is 3.56. The number of carbonyl (C=O) groups excluding carboxylic acids is 3. The Morgan fingerprint density at radius 2 is 1.64 bits per heavy atom. The molecule has 144 valence electrons. The zero-order valence-corrected chi connectivity index (χ0v) is 14.3. The summed E-state index contributed by atoms with van der Waals surface area (Å²) in [4.78, 5) is 36.8. The minimum absolute atomic E-state index is 0.115. The smallest absolute Gasteiger partial charge is 0.466 e. The molecular formula is C15H23F3N2O5. The molecule has 1 fully saturated rings. The molecule has 0 bridgehead atoms. The van der Waals surface area contributed by atoms with Crippen LogP contribution in [0.15, 0.2) is 0 Å². The molecule has 2 amide bonds. The maximum absolute atomic E-state index is 12.8. The van der Waals surface area contributed by atoms with Gasteiger partial charge in [0.05, 0.1) is 19.6 Å². The number of halogens is 3. The summed E-state index contributed by atoms with van der Waals surface area (Å²) in [6, 6.07) is -0.700. The summed E-state index contributed by atoms with van der Waals surface area (Å²) in [7, 11) is 0. The van der Waals surface area contributed by atoms with E-state index in [0.29, 0.717) is 4.90 Å². The highest BCUT2D eigenvalue weighted by Crippen LogP contribution is 2.25. The first-order valence-electron chi connectivity index (χ1n) is 8.15. The Hall–Kier alpha value is -2.00. The summed E-state index contributed by atoms with van der Waals surface area (Å²) in [5.74, 6) is -2.64. The molecule has 7 nitrogen and oxygen atoms in total. The van der Waals surface area contributed by atoms with Crippen molar-refractivity contribution in [2.75, 3.05) is 32.8 Å². The van der Waals surface area contributed by atoms with Crippen LogP contribution in [0.1, 0.15) is 33.1 Å². The van der Waals surface area contributed by atoms with Gasteiger partial charge in [-0.2, -0.15) is 13.2 Å². The number of ether oxygens (including phenoxy) is 2. The number of piperidine rings is 1. The lowest BCUT2D eigenvalue weighted by atomic mass is 10.0. The minimum atomic E-state index is -5.02. The Morgan fingerprint density at radius 1 is 1.08 bits per heavy atom. The van der Waals surface area contributed by atoms with E-state index in [2.05, 4.69) is 0 Å². The zero-order valence-electron chi connectivity index (χ0n) is 14.3. The second kappa shape index (κ2) is 9.47. The highest BCUT2D eigenvalue weighted by molar-refractivity contribution is 5.82. The summed E-state index contributed by atoms with van der Waals surface area (Å²) in [6.07, 6.45) is -5.49. The van der Waals surface area contributed by atoms with Crippen LogP contribution >= 0.6 is 0 Å². The van der Waals surface area contributed by atoms with Crippen LogP contribution in [-0.2, 0) is 19.1 Å². The van der Waals surface area contributed by atoms with Gasteiger partial charge in [0.25, 0.3) is 0 Å². The van der Waals surface area contributed by atoms with E-state index in [0.717, 1.165) is 0 Å². The van der Waals surface area contributed by atoms with E-state index in [1.807, 2.05) is 0 Å². The van der Waals surface area contributed by atoms with Crippen molar-refractivity contribution in [2.24, 2.45) is 0 Å². The van der Waals surface area contributed by atoms with Crippen molar-refractivity contribution in [1.82, 2.24) is 9.80 Å². The van der Waals surface area contributed by atoms with Crippen molar-refractivity contribution in [3.05, 3.63) is 0 Å². The van der Waals surface area contributed by atoms with E-state index in [1.165, 1.54) is 4.90 Å². The fraction of sp³-hybridized carbons (Fsp3) is 0.800. The monoisotopic (exact) mass is 368 g/mol. The van der Waals surface area contributed by atoms with E-state index in [-0.39, 0.29) is 52.1 Å². The molecule has 0 aromatic carbocycles. The lowest BCUT2D eigenvalue weighted by molar-refractivity contribution is -0.189. The number of nitrogens with zero attached hydrogens (tertiary/aromatic N) is 2. The maximum Gasteiger partial charge on any atom is 0.471 e. The van der Waals surface area contributed by atoms with E-state index in [1.54, 1.807) is 13.8 Å². The quantitative estimate of drug-likeness (QED) is 0.670. The molecule has 1 aliphatic rings. The first-order valence-corrected chi connectivity index (χ1v) is 8.15. The number of esters is 1. The molecule has 0 atom stereocenters. The van der Waals surface area contributed by atoms with Crippen LogP contribution in [0, 0.1) is 0 Å². The number of hydrogen-bond donors (Lipinski definition) is 0. The normalized spacial score (nSPS) is 15.6. The number of amides is 2. The standard InChI is InChI=1S/C15H23F3N2O5/c1-3-24-12(21)7-10-20(13(22)15(16,17)18)11-5-8-19(9-6-11)14(23)25-4-2/h11H,3-10H2,1-2H3. The molecule has 0 aliphatic carbocycles. The molecular weight excluding hydrogens is 345 g/mol. The SMILES string of the molecule is CCOC(=O)CCN(C(=O)C(F)(F)F)C1CCN(C(=O)OCC)CC1. The Labute approximate surface area is 144 Å². The Bertz CT molecular complexity index is 476. The third-order valence-electron chi connectivity index (χ3n) is 3.80. The van der Waals surface area contributed by atoms with Gasteiger partial charge in [-0.15, -0.1) is 0 Å². The van der Waals surface area contributed by atoms with Gasteiger partial charge in [0.15, 0.2) is 0 Å². The summed E-state index contributed by atoms with van der Waals surface area (Å²) >= 11 is 0.